The summed E-state index contributed by atoms with van der Waals surface area (Å²) in [4.78, 5) is 50.9. The molecule has 2 aliphatic rings. The lowest BCUT2D eigenvalue weighted by atomic mass is 9.89. The first kappa shape index (κ1) is 31.9. The molecule has 4 N–H and O–H groups in total. The highest BCUT2D eigenvalue weighted by Crippen LogP contribution is 2.34. The summed E-state index contributed by atoms with van der Waals surface area (Å²) >= 11 is 0. The van der Waals surface area contributed by atoms with Crippen molar-refractivity contribution in [2.75, 3.05) is 40.3 Å². The van der Waals surface area contributed by atoms with Gasteiger partial charge >= 0.3 is 0 Å². The molecule has 6 atom stereocenters. The van der Waals surface area contributed by atoms with Crippen molar-refractivity contribution in [1.82, 2.24) is 20.9 Å². The summed E-state index contributed by atoms with van der Waals surface area (Å²) in [6, 6.07) is 0. The number of hydrogen-bond acceptors (Lipinski definition) is 8. The number of ether oxygens (including phenoxy) is 3. The quantitative estimate of drug-likeness (QED) is 0.391. The molecule has 12 heteroatoms. The predicted molar refractivity (Wildman–Crippen MR) is 139 cm³/mol. The van der Waals surface area contributed by atoms with Gasteiger partial charge in [0.05, 0.1) is 49.0 Å². The number of carbonyl (C=O) groups is 4. The molecule has 1 unspecified atom stereocenters. The molecule has 218 valence electrons. The number of aliphatic hydroxyl groups is 1. The van der Waals surface area contributed by atoms with Crippen LogP contribution < -0.4 is 16.0 Å². The third-order valence-corrected chi connectivity index (χ3v) is 7.40. The van der Waals surface area contributed by atoms with Crippen LogP contribution in [-0.2, 0) is 33.4 Å². The maximum absolute atomic E-state index is 13.0. The van der Waals surface area contributed by atoms with E-state index in [1.165, 1.54) is 4.90 Å². The maximum Gasteiger partial charge on any atom is 0.241 e. The molecule has 38 heavy (non-hydrogen) atoms. The fraction of sp³-hybridized carbons (Fsp3) is 0.846. The minimum atomic E-state index is -1.06. The van der Waals surface area contributed by atoms with Crippen LogP contribution in [0.15, 0.2) is 0 Å². The van der Waals surface area contributed by atoms with Crippen molar-refractivity contribution in [3.63, 3.8) is 0 Å². The highest BCUT2D eigenvalue weighted by atomic mass is 16.7. The second kappa shape index (κ2) is 14.2. The average Bonchev–Trinajstić information content (AvgIpc) is 2.85. The summed E-state index contributed by atoms with van der Waals surface area (Å²) in [6.07, 6.45) is 1.61. The van der Waals surface area contributed by atoms with E-state index in [1.807, 2.05) is 13.8 Å². The Hall–Kier alpha value is -2.28. The molecule has 2 fully saturated rings. The summed E-state index contributed by atoms with van der Waals surface area (Å²) < 4.78 is 18.0. The maximum atomic E-state index is 13.0. The van der Waals surface area contributed by atoms with Crippen molar-refractivity contribution < 1.29 is 38.5 Å². The first-order valence-corrected chi connectivity index (χ1v) is 13.4. The van der Waals surface area contributed by atoms with E-state index in [1.54, 1.807) is 28.0 Å². The van der Waals surface area contributed by atoms with Gasteiger partial charge in [-0.1, -0.05) is 6.92 Å². The Kier molecular flexibility index (Phi) is 11.9. The van der Waals surface area contributed by atoms with E-state index in [4.69, 9.17) is 14.2 Å². The Bertz CT molecular complexity index is 838. The van der Waals surface area contributed by atoms with Crippen LogP contribution in [0.3, 0.4) is 0 Å². The Morgan fingerprint density at radius 1 is 0.974 bits per heavy atom. The van der Waals surface area contributed by atoms with E-state index in [9.17, 15) is 24.3 Å². The summed E-state index contributed by atoms with van der Waals surface area (Å²) in [6.45, 7) is 6.96. The van der Waals surface area contributed by atoms with Gasteiger partial charge in [0.2, 0.25) is 23.6 Å². The Balaban J connectivity index is 2.17. The number of rotatable bonds is 3. The van der Waals surface area contributed by atoms with Crippen LogP contribution in [0.1, 0.15) is 66.2 Å². The largest absolute Gasteiger partial charge is 0.390 e. The molecule has 0 aromatic heterocycles. The van der Waals surface area contributed by atoms with Gasteiger partial charge in [0.25, 0.3) is 0 Å². The van der Waals surface area contributed by atoms with Crippen molar-refractivity contribution >= 4 is 23.6 Å². The van der Waals surface area contributed by atoms with E-state index in [-0.39, 0.29) is 31.6 Å². The lowest BCUT2D eigenvalue weighted by molar-refractivity contribution is -0.257. The zero-order valence-corrected chi connectivity index (χ0v) is 23.6. The monoisotopic (exact) mass is 542 g/mol. The van der Waals surface area contributed by atoms with Crippen LogP contribution in [0.25, 0.3) is 0 Å². The first-order valence-electron chi connectivity index (χ1n) is 13.4. The number of amides is 4. The van der Waals surface area contributed by atoms with E-state index in [0.717, 1.165) is 0 Å². The summed E-state index contributed by atoms with van der Waals surface area (Å²) in [5.41, 5.74) is -1.48. The Labute approximate surface area is 225 Å². The van der Waals surface area contributed by atoms with E-state index in [2.05, 4.69) is 16.0 Å². The van der Waals surface area contributed by atoms with Crippen molar-refractivity contribution in [3.05, 3.63) is 0 Å². The molecular formula is C26H46N4O8. The highest BCUT2D eigenvalue weighted by molar-refractivity contribution is 5.90. The Morgan fingerprint density at radius 3 is 2.26 bits per heavy atom. The van der Waals surface area contributed by atoms with Crippen LogP contribution in [0.2, 0.25) is 0 Å². The molecule has 4 amide bonds. The average molecular weight is 543 g/mol. The van der Waals surface area contributed by atoms with Crippen molar-refractivity contribution in [3.8, 4) is 0 Å². The molecule has 2 rings (SSSR count). The standard InChI is InChI=1S/C26H46N4O8/c1-17-12-26(4,36-6)13-23(37-17)38-19-8-10-25(3,35)9-7-11-30(5)22(33)16-28-20(31)14-27-21(32)15-29-24(34)18(19)2/h17-19,23,35H,7-16H2,1-6H3,(H,27,32)(H,28,31)(H,29,34)/t17?,18-,19-,23+,25-,26+/m1/s1. The smallest absolute Gasteiger partial charge is 0.241 e. The second-order valence-corrected chi connectivity index (χ2v) is 11.1. The summed E-state index contributed by atoms with van der Waals surface area (Å²) in [7, 11) is 3.29. The lowest BCUT2D eigenvalue weighted by Crippen LogP contribution is -2.48. The van der Waals surface area contributed by atoms with E-state index < -0.39 is 47.2 Å². The second-order valence-electron chi connectivity index (χ2n) is 11.1. The number of likely N-dealkylation sites (N-methyl/N-ethyl adjacent to an activating group) is 1. The topological polar surface area (TPSA) is 156 Å². The molecule has 0 aliphatic carbocycles. The van der Waals surface area contributed by atoms with Gasteiger partial charge in [0, 0.05) is 33.5 Å². The SMILES string of the molecule is CO[C@@]1(C)CC(C)O[C@@H](O[C@@H]2CC[C@](C)(O)CCCN(C)C(=O)CNC(=O)CNC(=O)CNC(=O)[C@@H]2C)C1. The predicted octanol–water partition coefficient (Wildman–Crippen LogP) is 0.0698. The number of methoxy groups -OCH3 is 1. The number of nitrogens with one attached hydrogen (secondary N) is 3. The third kappa shape index (κ3) is 10.5. The van der Waals surface area contributed by atoms with Gasteiger partial charge in [0.1, 0.15) is 0 Å². The van der Waals surface area contributed by atoms with Crippen molar-refractivity contribution in [2.45, 2.75) is 95.9 Å². The van der Waals surface area contributed by atoms with Crippen LogP contribution in [0, 0.1) is 5.92 Å². The number of carbonyl (C=O) groups excluding carboxylic acids is 4. The van der Waals surface area contributed by atoms with E-state index in [0.29, 0.717) is 45.1 Å². The molecule has 0 radical (unpaired) electrons. The van der Waals surface area contributed by atoms with Gasteiger partial charge in [0.15, 0.2) is 6.29 Å². The lowest BCUT2D eigenvalue weighted by Gasteiger charge is -2.42. The van der Waals surface area contributed by atoms with Gasteiger partial charge in [-0.15, -0.1) is 0 Å². The van der Waals surface area contributed by atoms with Gasteiger partial charge in [-0.25, -0.2) is 0 Å². The number of nitrogens with zero attached hydrogens (tertiary/aromatic N) is 1. The molecule has 0 aromatic rings. The fourth-order valence-electron chi connectivity index (χ4n) is 4.79. The molecule has 0 aromatic carbocycles. The molecule has 0 bridgehead atoms. The Morgan fingerprint density at radius 2 is 1.61 bits per heavy atom. The summed E-state index contributed by atoms with van der Waals surface area (Å²) in [5.74, 6) is -2.37. The fourth-order valence-corrected chi connectivity index (χ4v) is 4.79. The summed E-state index contributed by atoms with van der Waals surface area (Å²) in [5, 5.41) is 18.5. The third-order valence-electron chi connectivity index (χ3n) is 7.40. The van der Waals surface area contributed by atoms with Crippen LogP contribution in [0.4, 0.5) is 0 Å². The zero-order chi connectivity index (χ0) is 28.5. The van der Waals surface area contributed by atoms with Crippen LogP contribution in [0.5, 0.6) is 0 Å². The molecule has 2 aliphatic heterocycles. The minimum Gasteiger partial charge on any atom is -0.390 e. The van der Waals surface area contributed by atoms with Crippen LogP contribution in [-0.4, -0.2) is 104 Å². The van der Waals surface area contributed by atoms with Gasteiger partial charge in [-0.2, -0.15) is 0 Å². The normalized spacial score (nSPS) is 35.8. The first-order chi connectivity index (χ1) is 17.7. The molecule has 12 nitrogen and oxygen atoms in total. The zero-order valence-electron chi connectivity index (χ0n) is 23.6. The van der Waals surface area contributed by atoms with E-state index >= 15 is 0 Å². The molecular weight excluding hydrogens is 496 g/mol. The van der Waals surface area contributed by atoms with Gasteiger partial charge in [-0.05, 0) is 46.5 Å². The highest BCUT2D eigenvalue weighted by Gasteiger charge is 2.39. The molecule has 0 spiro atoms. The van der Waals surface area contributed by atoms with Gasteiger partial charge < -0.3 is 40.2 Å². The molecule has 2 saturated heterocycles. The molecule has 0 saturated carbocycles. The minimum absolute atomic E-state index is 0.102. The number of hydrogen-bond donors (Lipinski definition) is 4. The van der Waals surface area contributed by atoms with Crippen molar-refractivity contribution in [1.29, 1.82) is 0 Å². The van der Waals surface area contributed by atoms with Crippen LogP contribution >= 0.6 is 0 Å². The van der Waals surface area contributed by atoms with Crippen molar-refractivity contribution in [2.24, 2.45) is 5.92 Å². The van der Waals surface area contributed by atoms with Gasteiger partial charge in [-0.3, -0.25) is 19.2 Å². The molecule has 2 heterocycles.